The van der Waals surface area contributed by atoms with Crippen LogP contribution >= 0.6 is 0 Å². The summed E-state index contributed by atoms with van der Waals surface area (Å²) in [7, 11) is 0. The van der Waals surface area contributed by atoms with E-state index in [0.717, 1.165) is 19.4 Å². The largest absolute Gasteiger partial charge is 0.481 e. The van der Waals surface area contributed by atoms with Crippen molar-refractivity contribution in [3.63, 3.8) is 0 Å². The van der Waals surface area contributed by atoms with Gasteiger partial charge < -0.3 is 15.7 Å². The zero-order chi connectivity index (χ0) is 12.8. The highest BCUT2D eigenvalue weighted by molar-refractivity contribution is 5.80. The summed E-state index contributed by atoms with van der Waals surface area (Å²) >= 11 is 0. The molecule has 0 radical (unpaired) electrons. The number of piperidine rings is 1. The molecule has 0 spiro atoms. The fourth-order valence-electron chi connectivity index (χ4n) is 2.04. The summed E-state index contributed by atoms with van der Waals surface area (Å²) in [4.78, 5) is 22.8. The van der Waals surface area contributed by atoms with Crippen molar-refractivity contribution in [3.05, 3.63) is 0 Å². The van der Waals surface area contributed by atoms with Crippen LogP contribution in [0, 0.1) is 17.8 Å². The molecule has 0 bridgehead atoms. The second kappa shape index (κ2) is 6.59. The van der Waals surface area contributed by atoms with E-state index >= 15 is 0 Å². The Morgan fingerprint density at radius 2 is 2.18 bits per heavy atom. The molecule has 1 rings (SSSR count). The molecule has 1 heterocycles. The summed E-state index contributed by atoms with van der Waals surface area (Å²) in [5, 5.41) is 14.9. The average molecular weight is 242 g/mol. The minimum atomic E-state index is -0.845. The van der Waals surface area contributed by atoms with Crippen molar-refractivity contribution in [1.29, 1.82) is 0 Å². The first-order chi connectivity index (χ1) is 8.02. The summed E-state index contributed by atoms with van der Waals surface area (Å²) in [6.45, 7) is 5.60. The number of hydrogen-bond donors (Lipinski definition) is 3. The molecule has 1 fully saturated rings. The van der Waals surface area contributed by atoms with E-state index in [9.17, 15) is 9.59 Å². The molecule has 3 N–H and O–H groups in total. The van der Waals surface area contributed by atoms with E-state index in [0.29, 0.717) is 6.54 Å². The first-order valence-corrected chi connectivity index (χ1v) is 6.23. The quantitative estimate of drug-likeness (QED) is 0.654. The molecule has 0 aromatic carbocycles. The van der Waals surface area contributed by atoms with Gasteiger partial charge in [0.1, 0.15) is 0 Å². The summed E-state index contributed by atoms with van der Waals surface area (Å²) in [6.07, 6.45) is 1.89. The molecular formula is C12H22N2O3. The van der Waals surface area contributed by atoms with E-state index in [1.165, 1.54) is 0 Å². The molecule has 98 valence electrons. The molecule has 5 nitrogen and oxygen atoms in total. The number of amides is 1. The van der Waals surface area contributed by atoms with Gasteiger partial charge in [-0.05, 0) is 25.3 Å². The smallest absolute Gasteiger partial charge is 0.308 e. The van der Waals surface area contributed by atoms with E-state index in [1.807, 2.05) is 13.8 Å². The third-order valence-electron chi connectivity index (χ3n) is 3.29. The van der Waals surface area contributed by atoms with Gasteiger partial charge in [0.05, 0.1) is 11.8 Å². The van der Waals surface area contributed by atoms with Gasteiger partial charge in [0.15, 0.2) is 0 Å². The number of carboxylic acids is 1. The molecule has 1 unspecified atom stereocenters. The molecule has 1 saturated heterocycles. The van der Waals surface area contributed by atoms with Crippen molar-refractivity contribution in [2.45, 2.75) is 26.7 Å². The van der Waals surface area contributed by atoms with Gasteiger partial charge in [-0.2, -0.15) is 0 Å². The number of rotatable bonds is 5. The summed E-state index contributed by atoms with van der Waals surface area (Å²) in [6, 6.07) is 0. The van der Waals surface area contributed by atoms with Crippen molar-refractivity contribution in [3.8, 4) is 0 Å². The number of carbonyl (C=O) groups is 2. The summed E-state index contributed by atoms with van der Waals surface area (Å²) < 4.78 is 0. The van der Waals surface area contributed by atoms with Gasteiger partial charge in [-0.3, -0.25) is 9.59 Å². The molecule has 5 heteroatoms. The Balaban J connectivity index is 2.37. The number of hydrogen-bond acceptors (Lipinski definition) is 3. The predicted octanol–water partition coefficient (Wildman–Crippen LogP) is 0.459. The first kappa shape index (κ1) is 14.0. The highest BCUT2D eigenvalue weighted by Gasteiger charge is 2.25. The zero-order valence-corrected chi connectivity index (χ0v) is 10.5. The van der Waals surface area contributed by atoms with Crippen LogP contribution in [0.15, 0.2) is 0 Å². The van der Waals surface area contributed by atoms with Crippen molar-refractivity contribution in [1.82, 2.24) is 10.6 Å². The van der Waals surface area contributed by atoms with Crippen LogP contribution in [0.1, 0.15) is 26.7 Å². The van der Waals surface area contributed by atoms with E-state index in [4.69, 9.17) is 5.11 Å². The fourth-order valence-corrected chi connectivity index (χ4v) is 2.04. The monoisotopic (exact) mass is 242 g/mol. The van der Waals surface area contributed by atoms with Gasteiger partial charge >= 0.3 is 5.97 Å². The van der Waals surface area contributed by atoms with Gasteiger partial charge in [0.25, 0.3) is 0 Å². The molecule has 2 atom stereocenters. The number of aliphatic carboxylic acids is 1. The topological polar surface area (TPSA) is 78.4 Å². The van der Waals surface area contributed by atoms with E-state index in [1.54, 1.807) is 0 Å². The minimum Gasteiger partial charge on any atom is -0.481 e. The zero-order valence-electron chi connectivity index (χ0n) is 10.5. The van der Waals surface area contributed by atoms with E-state index < -0.39 is 11.9 Å². The van der Waals surface area contributed by atoms with Crippen LogP contribution < -0.4 is 10.6 Å². The molecule has 0 saturated carbocycles. The minimum absolute atomic E-state index is 0.00893. The predicted molar refractivity (Wildman–Crippen MR) is 64.6 cm³/mol. The number of nitrogens with one attached hydrogen (secondary N) is 2. The molecule has 1 aliphatic heterocycles. The normalized spacial score (nSPS) is 22.2. The second-order valence-corrected chi connectivity index (χ2v) is 4.98. The van der Waals surface area contributed by atoms with Crippen LogP contribution in [0.5, 0.6) is 0 Å². The molecule has 1 amide bonds. The first-order valence-electron chi connectivity index (χ1n) is 6.23. The number of carboxylic acid groups (broad SMARTS) is 1. The third kappa shape index (κ3) is 4.34. The van der Waals surface area contributed by atoms with Gasteiger partial charge in [0, 0.05) is 13.1 Å². The van der Waals surface area contributed by atoms with Crippen molar-refractivity contribution >= 4 is 11.9 Å². The Bertz CT molecular complexity index is 273. The Hall–Kier alpha value is -1.10. The Morgan fingerprint density at radius 1 is 1.47 bits per heavy atom. The lowest BCUT2D eigenvalue weighted by Gasteiger charge is -2.23. The lowest BCUT2D eigenvalue weighted by molar-refractivity contribution is -0.143. The number of carbonyl (C=O) groups excluding carboxylic acids is 1. The van der Waals surface area contributed by atoms with Crippen molar-refractivity contribution < 1.29 is 14.7 Å². The van der Waals surface area contributed by atoms with Gasteiger partial charge in [0.2, 0.25) is 5.91 Å². The maximum atomic E-state index is 11.8. The van der Waals surface area contributed by atoms with Crippen LogP contribution in [0.3, 0.4) is 0 Å². The summed E-state index contributed by atoms with van der Waals surface area (Å²) in [5.74, 6) is -1.36. The van der Waals surface area contributed by atoms with E-state index in [-0.39, 0.29) is 24.3 Å². The average Bonchev–Trinajstić information content (AvgIpc) is 2.29. The molecule has 0 aromatic heterocycles. The van der Waals surface area contributed by atoms with Gasteiger partial charge in [-0.1, -0.05) is 13.8 Å². The Kier molecular flexibility index (Phi) is 5.41. The molecule has 0 aliphatic carbocycles. The van der Waals surface area contributed by atoms with Gasteiger partial charge in [-0.15, -0.1) is 0 Å². The standard InChI is InChI=1S/C12H22N2O3/c1-8(2)10(12(16)17)7-14-11(15)9-4-3-5-13-6-9/h8-10,13H,3-7H2,1-2H3,(H,14,15)(H,16,17)/t9-,10?/m1/s1. The summed E-state index contributed by atoms with van der Waals surface area (Å²) in [5.41, 5.74) is 0. The Morgan fingerprint density at radius 3 is 2.65 bits per heavy atom. The maximum Gasteiger partial charge on any atom is 0.308 e. The van der Waals surface area contributed by atoms with Crippen molar-refractivity contribution in [2.75, 3.05) is 19.6 Å². The lowest BCUT2D eigenvalue weighted by atomic mass is 9.95. The molecular weight excluding hydrogens is 220 g/mol. The highest BCUT2D eigenvalue weighted by Crippen LogP contribution is 2.12. The Labute approximate surface area is 102 Å². The molecule has 0 aromatic rings. The maximum absolute atomic E-state index is 11.8. The third-order valence-corrected chi connectivity index (χ3v) is 3.29. The lowest BCUT2D eigenvalue weighted by Crippen LogP contribution is -2.43. The van der Waals surface area contributed by atoms with Crippen LogP contribution in [0.4, 0.5) is 0 Å². The highest BCUT2D eigenvalue weighted by atomic mass is 16.4. The SMILES string of the molecule is CC(C)C(CNC(=O)[C@@H]1CCCNC1)C(=O)O. The molecule has 1 aliphatic rings. The van der Waals surface area contributed by atoms with Crippen LogP contribution in [-0.4, -0.2) is 36.6 Å². The fraction of sp³-hybridized carbons (Fsp3) is 0.833. The van der Waals surface area contributed by atoms with Crippen LogP contribution in [0.2, 0.25) is 0 Å². The van der Waals surface area contributed by atoms with Crippen LogP contribution in [0.25, 0.3) is 0 Å². The van der Waals surface area contributed by atoms with Gasteiger partial charge in [-0.25, -0.2) is 0 Å². The molecule has 17 heavy (non-hydrogen) atoms. The second-order valence-electron chi connectivity index (χ2n) is 4.98. The van der Waals surface area contributed by atoms with Crippen LogP contribution in [-0.2, 0) is 9.59 Å². The van der Waals surface area contributed by atoms with E-state index in [2.05, 4.69) is 10.6 Å². The van der Waals surface area contributed by atoms with Crippen molar-refractivity contribution in [2.24, 2.45) is 17.8 Å².